The lowest BCUT2D eigenvalue weighted by Crippen LogP contribution is -2.42. The highest BCUT2D eigenvalue weighted by atomic mass is 79.9. The van der Waals surface area contributed by atoms with Crippen molar-refractivity contribution in [3.8, 4) is 5.75 Å². The minimum absolute atomic E-state index is 0.103. The van der Waals surface area contributed by atoms with E-state index >= 15 is 0 Å². The number of carbonyl (C=O) groups is 1. The highest BCUT2D eigenvalue weighted by Gasteiger charge is 2.20. The number of rotatable bonds is 4. The van der Waals surface area contributed by atoms with Gasteiger partial charge in [0.05, 0.1) is 17.6 Å². The molecule has 4 nitrogen and oxygen atoms in total. The number of halogens is 1. The van der Waals surface area contributed by atoms with Crippen LogP contribution in [-0.2, 0) is 11.3 Å². The molecule has 1 heterocycles. The number of nitrogens with one attached hydrogen (secondary N) is 2. The monoisotopic (exact) mass is 326 g/mol. The van der Waals surface area contributed by atoms with Gasteiger partial charge in [0.25, 0.3) is 0 Å². The zero-order valence-corrected chi connectivity index (χ0v) is 12.6. The van der Waals surface area contributed by atoms with E-state index in [0.29, 0.717) is 6.54 Å². The molecule has 1 atom stereocenters. The van der Waals surface area contributed by atoms with Gasteiger partial charge in [0.15, 0.2) is 0 Å². The van der Waals surface area contributed by atoms with Gasteiger partial charge >= 0.3 is 0 Å². The molecular weight excluding hydrogens is 308 g/mol. The molecule has 0 unspecified atom stereocenters. The van der Waals surface area contributed by atoms with Crippen molar-refractivity contribution in [2.75, 3.05) is 13.7 Å². The Kier molecular flexibility index (Phi) is 5.22. The zero-order chi connectivity index (χ0) is 13.7. The average molecular weight is 327 g/mol. The Labute approximate surface area is 122 Å². The van der Waals surface area contributed by atoms with E-state index in [4.69, 9.17) is 4.74 Å². The third-order valence-corrected chi connectivity index (χ3v) is 3.95. The molecule has 0 radical (unpaired) electrons. The molecule has 1 aromatic rings. The summed E-state index contributed by atoms with van der Waals surface area (Å²) in [6.45, 7) is 1.41. The number of para-hydroxylation sites is 1. The number of hydrogen-bond acceptors (Lipinski definition) is 3. The molecule has 2 N–H and O–H groups in total. The van der Waals surface area contributed by atoms with Crippen LogP contribution in [0.15, 0.2) is 22.7 Å². The van der Waals surface area contributed by atoms with E-state index in [-0.39, 0.29) is 11.9 Å². The molecule has 0 aliphatic carbocycles. The molecule has 0 aromatic heterocycles. The van der Waals surface area contributed by atoms with Crippen LogP contribution in [0.3, 0.4) is 0 Å². The highest BCUT2D eigenvalue weighted by Crippen LogP contribution is 2.28. The van der Waals surface area contributed by atoms with E-state index in [9.17, 15) is 4.79 Å². The van der Waals surface area contributed by atoms with Crippen molar-refractivity contribution < 1.29 is 9.53 Å². The van der Waals surface area contributed by atoms with Crippen LogP contribution in [0.5, 0.6) is 5.75 Å². The second kappa shape index (κ2) is 6.91. The van der Waals surface area contributed by atoms with Crippen LogP contribution < -0.4 is 15.4 Å². The first-order valence-corrected chi connectivity index (χ1v) is 7.34. The van der Waals surface area contributed by atoms with E-state index in [1.807, 2.05) is 18.2 Å². The lowest BCUT2D eigenvalue weighted by atomic mass is 10.1. The summed E-state index contributed by atoms with van der Waals surface area (Å²) in [5.41, 5.74) is 1.05. The molecule has 1 aromatic carbocycles. The van der Waals surface area contributed by atoms with E-state index in [1.165, 1.54) is 0 Å². The fourth-order valence-corrected chi connectivity index (χ4v) is 2.86. The number of carbonyl (C=O) groups excluding carboxylic acids is 1. The molecular formula is C14H19BrN2O2. The van der Waals surface area contributed by atoms with E-state index < -0.39 is 0 Å². The van der Waals surface area contributed by atoms with Crippen molar-refractivity contribution in [3.63, 3.8) is 0 Å². The van der Waals surface area contributed by atoms with Crippen LogP contribution in [0.1, 0.15) is 24.8 Å². The summed E-state index contributed by atoms with van der Waals surface area (Å²) in [4.78, 5) is 11.8. The third kappa shape index (κ3) is 3.70. The van der Waals surface area contributed by atoms with Crippen molar-refractivity contribution >= 4 is 21.8 Å². The molecule has 1 saturated heterocycles. The number of methoxy groups -OCH3 is 1. The smallest absolute Gasteiger partial charge is 0.237 e. The summed E-state index contributed by atoms with van der Waals surface area (Å²) in [6.07, 6.45) is 3.03. The van der Waals surface area contributed by atoms with E-state index in [2.05, 4.69) is 26.6 Å². The molecule has 0 spiro atoms. The Morgan fingerprint density at radius 1 is 1.47 bits per heavy atom. The maximum Gasteiger partial charge on any atom is 0.237 e. The normalized spacial score (nSPS) is 19.7. The number of amides is 1. The molecule has 19 heavy (non-hydrogen) atoms. The molecule has 5 heteroatoms. The highest BCUT2D eigenvalue weighted by molar-refractivity contribution is 9.10. The molecule has 1 aliphatic rings. The van der Waals surface area contributed by atoms with Gasteiger partial charge in [-0.2, -0.15) is 0 Å². The van der Waals surface area contributed by atoms with Crippen LogP contribution in [0.4, 0.5) is 0 Å². The summed E-state index contributed by atoms with van der Waals surface area (Å²) in [7, 11) is 1.65. The van der Waals surface area contributed by atoms with Crippen LogP contribution in [0, 0.1) is 0 Å². The molecule has 0 saturated carbocycles. The van der Waals surface area contributed by atoms with E-state index in [0.717, 1.165) is 41.6 Å². The lowest BCUT2D eigenvalue weighted by molar-refractivity contribution is -0.122. The summed E-state index contributed by atoms with van der Waals surface area (Å²) < 4.78 is 6.31. The maximum atomic E-state index is 11.8. The number of ether oxygens (including phenoxy) is 1. The quantitative estimate of drug-likeness (QED) is 0.892. The van der Waals surface area contributed by atoms with Gasteiger partial charge in [-0.15, -0.1) is 0 Å². The lowest BCUT2D eigenvalue weighted by Gasteiger charge is -2.17. The topological polar surface area (TPSA) is 50.4 Å². The van der Waals surface area contributed by atoms with Crippen LogP contribution in [0.25, 0.3) is 0 Å². The minimum atomic E-state index is -0.105. The first-order chi connectivity index (χ1) is 9.22. The predicted molar refractivity (Wildman–Crippen MR) is 78.2 cm³/mol. The van der Waals surface area contributed by atoms with Crippen LogP contribution in [-0.4, -0.2) is 25.6 Å². The Morgan fingerprint density at radius 3 is 3.11 bits per heavy atom. The maximum absolute atomic E-state index is 11.8. The van der Waals surface area contributed by atoms with Gasteiger partial charge in [-0.25, -0.2) is 0 Å². The van der Waals surface area contributed by atoms with Gasteiger partial charge in [-0.3, -0.25) is 4.79 Å². The fourth-order valence-electron chi connectivity index (χ4n) is 2.29. The second-order valence-electron chi connectivity index (χ2n) is 4.65. The van der Waals surface area contributed by atoms with E-state index in [1.54, 1.807) is 7.11 Å². The van der Waals surface area contributed by atoms with Gasteiger partial charge in [0, 0.05) is 18.7 Å². The van der Waals surface area contributed by atoms with Gasteiger partial charge in [-0.1, -0.05) is 12.1 Å². The SMILES string of the molecule is COc1c(Br)cccc1CN[C@@H]1CCCCNC1=O. The Bertz CT molecular complexity index is 451. The van der Waals surface area contributed by atoms with Crippen molar-refractivity contribution in [2.24, 2.45) is 0 Å². The molecule has 0 bridgehead atoms. The predicted octanol–water partition coefficient (Wildman–Crippen LogP) is 2.22. The van der Waals surface area contributed by atoms with Gasteiger partial charge in [0.1, 0.15) is 5.75 Å². The van der Waals surface area contributed by atoms with Crippen LogP contribution in [0.2, 0.25) is 0 Å². The molecule has 1 aliphatic heterocycles. The molecule has 104 valence electrons. The Hall–Kier alpha value is -1.07. The van der Waals surface area contributed by atoms with Crippen LogP contribution >= 0.6 is 15.9 Å². The van der Waals surface area contributed by atoms with Gasteiger partial charge < -0.3 is 15.4 Å². The third-order valence-electron chi connectivity index (χ3n) is 3.33. The summed E-state index contributed by atoms with van der Waals surface area (Å²) >= 11 is 3.47. The largest absolute Gasteiger partial charge is 0.495 e. The zero-order valence-electron chi connectivity index (χ0n) is 11.0. The minimum Gasteiger partial charge on any atom is -0.495 e. The summed E-state index contributed by atoms with van der Waals surface area (Å²) in [5.74, 6) is 0.926. The molecule has 2 rings (SSSR count). The van der Waals surface area contributed by atoms with Crippen molar-refractivity contribution in [2.45, 2.75) is 31.8 Å². The van der Waals surface area contributed by atoms with Crippen molar-refractivity contribution in [1.82, 2.24) is 10.6 Å². The second-order valence-corrected chi connectivity index (χ2v) is 5.51. The number of hydrogen-bond donors (Lipinski definition) is 2. The Balaban J connectivity index is 2.01. The van der Waals surface area contributed by atoms with Crippen molar-refractivity contribution in [3.05, 3.63) is 28.2 Å². The number of benzene rings is 1. The Morgan fingerprint density at radius 2 is 2.32 bits per heavy atom. The fraction of sp³-hybridized carbons (Fsp3) is 0.500. The first kappa shape index (κ1) is 14.3. The average Bonchev–Trinajstić information content (AvgIpc) is 2.61. The van der Waals surface area contributed by atoms with Gasteiger partial charge in [0.2, 0.25) is 5.91 Å². The van der Waals surface area contributed by atoms with Crippen molar-refractivity contribution in [1.29, 1.82) is 0 Å². The first-order valence-electron chi connectivity index (χ1n) is 6.55. The molecule has 1 amide bonds. The van der Waals surface area contributed by atoms with Gasteiger partial charge in [-0.05, 0) is 41.3 Å². The summed E-state index contributed by atoms with van der Waals surface area (Å²) in [5, 5.41) is 6.25. The molecule has 1 fully saturated rings. The summed E-state index contributed by atoms with van der Waals surface area (Å²) in [6, 6.07) is 5.81. The standard InChI is InChI=1S/C14H19BrN2O2/c1-19-13-10(5-4-6-11(13)15)9-17-12-7-2-3-8-16-14(12)18/h4-6,12,17H,2-3,7-9H2,1H3,(H,16,18)/t12-/m1/s1.